The molecule has 0 saturated carbocycles. The predicted molar refractivity (Wildman–Crippen MR) is 82.8 cm³/mol. The summed E-state index contributed by atoms with van der Waals surface area (Å²) in [6, 6.07) is 6.34. The van der Waals surface area contributed by atoms with Crippen molar-refractivity contribution in [3.05, 3.63) is 44.5 Å². The molecule has 0 N–H and O–H groups in total. The third-order valence-corrected chi connectivity index (χ3v) is 4.78. The number of hydrogen-bond acceptors (Lipinski definition) is 4. The van der Waals surface area contributed by atoms with E-state index in [0.29, 0.717) is 19.8 Å². The number of nitrogens with zero attached hydrogens (tertiary/aromatic N) is 1. The van der Waals surface area contributed by atoms with Crippen LogP contribution in [0.4, 0.5) is 4.39 Å². The molecule has 2 aromatic rings. The number of carbonyl (C=O) groups excluding carboxylic acids is 1. The highest BCUT2D eigenvalue weighted by Crippen LogP contribution is 2.41. The van der Waals surface area contributed by atoms with Gasteiger partial charge in [-0.25, -0.2) is 9.18 Å². The Labute approximate surface area is 134 Å². The van der Waals surface area contributed by atoms with Crippen LogP contribution < -0.4 is 0 Å². The molecule has 0 spiro atoms. The zero-order chi connectivity index (χ0) is 15.6. The lowest BCUT2D eigenvalue weighted by Crippen LogP contribution is -2.07. The Kier molecular flexibility index (Phi) is 4.76. The van der Waals surface area contributed by atoms with Crippen molar-refractivity contribution in [2.45, 2.75) is 13.8 Å². The first-order chi connectivity index (χ1) is 9.99. The lowest BCUT2D eigenvalue weighted by atomic mass is 10.0. The molecule has 1 aromatic carbocycles. The first-order valence-corrected chi connectivity index (χ1v) is 7.76. The van der Waals surface area contributed by atoms with Crippen molar-refractivity contribution in [1.82, 2.24) is 0 Å². The van der Waals surface area contributed by atoms with Gasteiger partial charge in [0.15, 0.2) is 0 Å². The number of thiophene rings is 1. The molecule has 0 fully saturated rings. The zero-order valence-corrected chi connectivity index (χ0v) is 13.8. The number of rotatable bonds is 3. The van der Waals surface area contributed by atoms with E-state index in [1.165, 1.54) is 23.5 Å². The van der Waals surface area contributed by atoms with Gasteiger partial charge >= 0.3 is 5.97 Å². The highest BCUT2D eigenvalue weighted by Gasteiger charge is 2.25. The second kappa shape index (κ2) is 6.37. The smallest absolute Gasteiger partial charge is 0.341 e. The monoisotopic (exact) mass is 367 g/mol. The average Bonchev–Trinajstić information content (AvgIpc) is 2.75. The summed E-state index contributed by atoms with van der Waals surface area (Å²) in [5.74, 6) is -0.889. The molecule has 108 valence electrons. The Morgan fingerprint density at radius 3 is 2.81 bits per heavy atom. The van der Waals surface area contributed by atoms with Gasteiger partial charge in [0.25, 0.3) is 0 Å². The van der Waals surface area contributed by atoms with E-state index >= 15 is 0 Å². The fourth-order valence-electron chi connectivity index (χ4n) is 1.97. The van der Waals surface area contributed by atoms with Crippen LogP contribution in [0, 0.1) is 24.1 Å². The van der Waals surface area contributed by atoms with Crippen molar-refractivity contribution in [1.29, 1.82) is 5.26 Å². The first-order valence-electron chi connectivity index (χ1n) is 6.15. The number of benzene rings is 1. The Balaban J connectivity index is 2.69. The lowest BCUT2D eigenvalue weighted by molar-refractivity contribution is 0.0527. The minimum Gasteiger partial charge on any atom is -0.462 e. The van der Waals surface area contributed by atoms with E-state index in [4.69, 9.17) is 4.74 Å². The zero-order valence-electron chi connectivity index (χ0n) is 11.4. The maximum absolute atomic E-state index is 13.2. The molecule has 21 heavy (non-hydrogen) atoms. The highest BCUT2D eigenvalue weighted by atomic mass is 79.9. The summed E-state index contributed by atoms with van der Waals surface area (Å²) in [5, 5.41) is 9.25. The van der Waals surface area contributed by atoms with Crippen LogP contribution in [0.1, 0.15) is 28.4 Å². The Hall–Kier alpha value is -1.71. The van der Waals surface area contributed by atoms with Gasteiger partial charge in [0.2, 0.25) is 0 Å². The average molecular weight is 368 g/mol. The van der Waals surface area contributed by atoms with Crippen LogP contribution in [0.25, 0.3) is 10.4 Å². The van der Waals surface area contributed by atoms with Crippen LogP contribution in [-0.2, 0) is 4.74 Å². The molecule has 0 atom stereocenters. The third-order valence-electron chi connectivity index (χ3n) is 2.89. The summed E-state index contributed by atoms with van der Waals surface area (Å²) in [6.45, 7) is 3.68. The standard InChI is InChI=1S/C15H11BrFNO2S/c1-3-20-15(19)12-11(7-18)14(16)21-13(12)10-5-4-9(17)6-8(10)2/h4-6H,3H2,1-2H3. The van der Waals surface area contributed by atoms with Crippen molar-refractivity contribution in [2.75, 3.05) is 6.61 Å². The molecule has 0 radical (unpaired) electrons. The van der Waals surface area contributed by atoms with Gasteiger partial charge in [0.05, 0.1) is 26.4 Å². The van der Waals surface area contributed by atoms with Crippen molar-refractivity contribution in [3.8, 4) is 16.5 Å². The maximum atomic E-state index is 13.2. The first kappa shape index (κ1) is 15.7. The van der Waals surface area contributed by atoms with Crippen LogP contribution in [0.5, 0.6) is 0 Å². The molecule has 0 bridgehead atoms. The SMILES string of the molecule is CCOC(=O)c1c(-c2ccc(F)cc2C)sc(Br)c1C#N. The van der Waals surface area contributed by atoms with Gasteiger partial charge in [-0.05, 0) is 53.0 Å². The van der Waals surface area contributed by atoms with E-state index in [1.807, 2.05) is 6.07 Å². The predicted octanol–water partition coefficient (Wildman–Crippen LogP) is 4.67. The van der Waals surface area contributed by atoms with E-state index in [1.54, 1.807) is 19.9 Å². The summed E-state index contributed by atoms with van der Waals surface area (Å²) in [6.07, 6.45) is 0. The van der Waals surface area contributed by atoms with Crippen LogP contribution >= 0.6 is 27.3 Å². The number of ether oxygens (including phenoxy) is 1. The van der Waals surface area contributed by atoms with Gasteiger partial charge in [0, 0.05) is 0 Å². The minimum atomic E-state index is -0.547. The molecule has 1 heterocycles. The number of hydrogen-bond donors (Lipinski definition) is 0. The second-order valence-corrected chi connectivity index (χ2v) is 6.58. The summed E-state index contributed by atoms with van der Waals surface area (Å²) in [4.78, 5) is 12.8. The molecule has 0 aliphatic carbocycles. The largest absolute Gasteiger partial charge is 0.462 e. The fourth-order valence-corrected chi connectivity index (χ4v) is 3.80. The van der Waals surface area contributed by atoms with Gasteiger partial charge in [0.1, 0.15) is 11.9 Å². The number of aryl methyl sites for hydroxylation is 1. The van der Waals surface area contributed by atoms with E-state index in [-0.39, 0.29) is 23.6 Å². The normalized spacial score (nSPS) is 10.2. The third kappa shape index (κ3) is 2.99. The van der Waals surface area contributed by atoms with Crippen molar-refractivity contribution in [2.24, 2.45) is 0 Å². The lowest BCUT2D eigenvalue weighted by Gasteiger charge is -2.07. The van der Waals surface area contributed by atoms with Crippen molar-refractivity contribution < 1.29 is 13.9 Å². The molecule has 0 aliphatic heterocycles. The number of halogens is 2. The molecular formula is C15H11BrFNO2S. The summed E-state index contributed by atoms with van der Waals surface area (Å²) >= 11 is 4.56. The number of nitriles is 1. The van der Waals surface area contributed by atoms with Gasteiger partial charge in [-0.15, -0.1) is 11.3 Å². The molecule has 0 saturated heterocycles. The summed E-state index contributed by atoms with van der Waals surface area (Å²) in [7, 11) is 0. The van der Waals surface area contributed by atoms with Crippen LogP contribution in [0.2, 0.25) is 0 Å². The van der Waals surface area contributed by atoms with E-state index in [0.717, 1.165) is 0 Å². The summed E-state index contributed by atoms with van der Waals surface area (Å²) < 4.78 is 18.8. The fraction of sp³-hybridized carbons (Fsp3) is 0.200. The van der Waals surface area contributed by atoms with Gasteiger partial charge in [-0.1, -0.05) is 6.07 Å². The Bertz CT molecular complexity index is 749. The molecule has 0 amide bonds. The van der Waals surface area contributed by atoms with Crippen molar-refractivity contribution in [3.63, 3.8) is 0 Å². The molecule has 6 heteroatoms. The van der Waals surface area contributed by atoms with Crippen LogP contribution in [0.15, 0.2) is 22.0 Å². The quantitative estimate of drug-likeness (QED) is 0.740. The van der Waals surface area contributed by atoms with E-state index in [2.05, 4.69) is 15.9 Å². The molecule has 0 unspecified atom stereocenters. The maximum Gasteiger partial charge on any atom is 0.341 e. The minimum absolute atomic E-state index is 0.221. The molecule has 0 aliphatic rings. The van der Waals surface area contributed by atoms with Gasteiger partial charge in [-0.2, -0.15) is 5.26 Å². The molecule has 2 rings (SSSR count). The molecular weight excluding hydrogens is 357 g/mol. The summed E-state index contributed by atoms with van der Waals surface area (Å²) in [5.41, 5.74) is 1.88. The van der Waals surface area contributed by atoms with Crippen LogP contribution in [0.3, 0.4) is 0 Å². The van der Waals surface area contributed by atoms with E-state index < -0.39 is 5.97 Å². The van der Waals surface area contributed by atoms with Crippen molar-refractivity contribution >= 4 is 33.2 Å². The van der Waals surface area contributed by atoms with E-state index in [9.17, 15) is 14.4 Å². The Morgan fingerprint density at radius 1 is 1.52 bits per heavy atom. The molecule has 1 aromatic heterocycles. The highest BCUT2D eigenvalue weighted by molar-refractivity contribution is 9.11. The number of carbonyl (C=O) groups is 1. The van der Waals surface area contributed by atoms with Gasteiger partial charge in [-0.3, -0.25) is 0 Å². The van der Waals surface area contributed by atoms with Gasteiger partial charge < -0.3 is 4.74 Å². The van der Waals surface area contributed by atoms with Crippen LogP contribution in [-0.4, -0.2) is 12.6 Å². The second-order valence-electron chi connectivity index (χ2n) is 4.25. The number of esters is 1. The molecule has 3 nitrogen and oxygen atoms in total. The Morgan fingerprint density at radius 2 is 2.24 bits per heavy atom. The topological polar surface area (TPSA) is 50.1 Å².